The van der Waals surface area contributed by atoms with Gasteiger partial charge in [-0.3, -0.25) is 4.68 Å². The van der Waals surface area contributed by atoms with Gasteiger partial charge in [-0.2, -0.15) is 5.10 Å². The van der Waals surface area contributed by atoms with Crippen LogP contribution in [0.25, 0.3) is 0 Å². The largest absolute Gasteiger partial charge is 0.383 e. The van der Waals surface area contributed by atoms with Gasteiger partial charge in [0.1, 0.15) is 5.82 Å². The lowest BCUT2D eigenvalue weighted by atomic mass is 10.1. The molecule has 0 saturated heterocycles. The lowest BCUT2D eigenvalue weighted by Gasteiger charge is -1.97. The zero-order valence-electron chi connectivity index (χ0n) is 8.44. The van der Waals surface area contributed by atoms with Gasteiger partial charge in [-0.25, -0.2) is 0 Å². The molecule has 4 heteroatoms. The second-order valence-corrected chi connectivity index (χ2v) is 4.22. The summed E-state index contributed by atoms with van der Waals surface area (Å²) in [4.78, 5) is 0. The minimum atomic E-state index is 0.668. The van der Waals surface area contributed by atoms with Crippen LogP contribution >= 0.6 is 15.9 Å². The zero-order chi connectivity index (χ0) is 10.8. The minimum absolute atomic E-state index is 0.668. The Morgan fingerprint density at radius 1 is 1.33 bits per heavy atom. The van der Waals surface area contributed by atoms with Crippen molar-refractivity contribution in [3.8, 4) is 0 Å². The number of nitrogens with two attached hydrogens (primary N) is 1. The molecule has 1 heterocycles. The Bertz CT molecular complexity index is 462. The molecule has 0 fully saturated rings. The van der Waals surface area contributed by atoms with Crippen molar-refractivity contribution in [2.45, 2.75) is 6.42 Å². The Kier molecular flexibility index (Phi) is 2.77. The average molecular weight is 266 g/mol. The number of halogens is 1. The summed E-state index contributed by atoms with van der Waals surface area (Å²) in [6.07, 6.45) is 0.798. The molecule has 2 aromatic rings. The molecule has 0 amide bonds. The van der Waals surface area contributed by atoms with Gasteiger partial charge < -0.3 is 5.73 Å². The zero-order valence-corrected chi connectivity index (χ0v) is 10.0. The first kappa shape index (κ1) is 10.2. The first-order valence-corrected chi connectivity index (χ1v) is 5.48. The van der Waals surface area contributed by atoms with Gasteiger partial charge in [0.05, 0.1) is 10.2 Å². The van der Waals surface area contributed by atoms with E-state index in [2.05, 4.69) is 33.2 Å². The van der Waals surface area contributed by atoms with Gasteiger partial charge in [-0.05, 0) is 21.5 Å². The molecule has 3 nitrogen and oxygen atoms in total. The molecule has 0 spiro atoms. The van der Waals surface area contributed by atoms with Crippen LogP contribution < -0.4 is 5.73 Å². The number of nitrogen functional groups attached to an aromatic ring is 1. The molecule has 0 unspecified atom stereocenters. The molecule has 1 aromatic heterocycles. The van der Waals surface area contributed by atoms with Gasteiger partial charge >= 0.3 is 0 Å². The van der Waals surface area contributed by atoms with E-state index in [0.717, 1.165) is 16.6 Å². The highest BCUT2D eigenvalue weighted by Crippen LogP contribution is 2.24. The molecule has 15 heavy (non-hydrogen) atoms. The maximum absolute atomic E-state index is 5.81. The third kappa shape index (κ3) is 2.04. The van der Waals surface area contributed by atoms with E-state index in [9.17, 15) is 0 Å². The molecule has 0 saturated carbocycles. The summed E-state index contributed by atoms with van der Waals surface area (Å²) in [7, 11) is 1.84. The van der Waals surface area contributed by atoms with E-state index in [-0.39, 0.29) is 0 Å². The Hall–Kier alpha value is -1.29. The third-order valence-electron chi connectivity index (χ3n) is 2.31. The van der Waals surface area contributed by atoms with Crippen LogP contribution in [-0.4, -0.2) is 9.78 Å². The maximum Gasteiger partial charge on any atom is 0.136 e. The monoisotopic (exact) mass is 265 g/mol. The fourth-order valence-electron chi connectivity index (χ4n) is 1.47. The minimum Gasteiger partial charge on any atom is -0.383 e. The molecule has 0 aliphatic carbocycles. The van der Waals surface area contributed by atoms with Crippen molar-refractivity contribution in [3.05, 3.63) is 46.1 Å². The molecular weight excluding hydrogens is 254 g/mol. The Labute approximate surface area is 97.0 Å². The predicted octanol–water partition coefficient (Wildman–Crippen LogP) is 2.36. The molecule has 78 valence electrons. The first-order chi connectivity index (χ1) is 7.18. The molecule has 0 aliphatic heterocycles. The van der Waals surface area contributed by atoms with E-state index >= 15 is 0 Å². The summed E-state index contributed by atoms with van der Waals surface area (Å²) in [5, 5.41) is 4.35. The number of aromatic nitrogens is 2. The molecule has 0 bridgehead atoms. The number of nitrogens with zero attached hydrogens (tertiary/aromatic N) is 2. The second kappa shape index (κ2) is 4.06. The van der Waals surface area contributed by atoms with Crippen LogP contribution in [0.15, 0.2) is 34.8 Å². The molecule has 2 N–H and O–H groups in total. The van der Waals surface area contributed by atoms with Crippen molar-refractivity contribution >= 4 is 21.7 Å². The maximum atomic E-state index is 5.81. The van der Waals surface area contributed by atoms with Gasteiger partial charge in [0, 0.05) is 13.5 Å². The van der Waals surface area contributed by atoms with E-state index in [1.165, 1.54) is 5.56 Å². The highest BCUT2D eigenvalue weighted by atomic mass is 79.9. The van der Waals surface area contributed by atoms with E-state index in [1.807, 2.05) is 25.2 Å². The van der Waals surface area contributed by atoms with Gasteiger partial charge in [-0.1, -0.05) is 30.3 Å². The summed E-state index contributed by atoms with van der Waals surface area (Å²) in [6.45, 7) is 0. The van der Waals surface area contributed by atoms with Crippen molar-refractivity contribution in [2.75, 3.05) is 5.73 Å². The quantitative estimate of drug-likeness (QED) is 0.906. The third-order valence-corrected chi connectivity index (χ3v) is 3.18. The van der Waals surface area contributed by atoms with Crippen molar-refractivity contribution < 1.29 is 0 Å². The molecular formula is C11H12BrN3. The number of anilines is 1. The molecule has 0 atom stereocenters. The fourth-order valence-corrected chi connectivity index (χ4v) is 1.95. The van der Waals surface area contributed by atoms with Crippen LogP contribution in [0.1, 0.15) is 11.3 Å². The number of hydrogen-bond donors (Lipinski definition) is 1. The lowest BCUT2D eigenvalue weighted by Crippen LogP contribution is -1.97. The Balaban J connectivity index is 2.29. The van der Waals surface area contributed by atoms with Crippen LogP contribution in [0.4, 0.5) is 5.82 Å². The van der Waals surface area contributed by atoms with Gasteiger partial charge in [0.2, 0.25) is 0 Å². The average Bonchev–Trinajstić information content (AvgIpc) is 2.48. The topological polar surface area (TPSA) is 43.8 Å². The number of hydrogen-bond acceptors (Lipinski definition) is 2. The predicted molar refractivity (Wildman–Crippen MR) is 64.6 cm³/mol. The Morgan fingerprint density at radius 2 is 2.00 bits per heavy atom. The highest BCUT2D eigenvalue weighted by molar-refractivity contribution is 9.10. The summed E-state index contributed by atoms with van der Waals surface area (Å²) in [5.41, 5.74) is 8.02. The summed E-state index contributed by atoms with van der Waals surface area (Å²) in [6, 6.07) is 10.2. The van der Waals surface area contributed by atoms with E-state index in [4.69, 9.17) is 5.73 Å². The normalized spacial score (nSPS) is 10.5. The van der Waals surface area contributed by atoms with Crippen molar-refractivity contribution in [1.29, 1.82) is 0 Å². The highest BCUT2D eigenvalue weighted by Gasteiger charge is 2.10. The van der Waals surface area contributed by atoms with Gasteiger partial charge in [0.15, 0.2) is 0 Å². The van der Waals surface area contributed by atoms with Crippen LogP contribution in [-0.2, 0) is 13.5 Å². The summed E-state index contributed by atoms with van der Waals surface area (Å²) in [5.74, 6) is 0.668. The SMILES string of the molecule is Cn1nc(Cc2ccccc2)c(Br)c1N. The second-order valence-electron chi connectivity index (χ2n) is 3.43. The van der Waals surface area contributed by atoms with E-state index in [1.54, 1.807) is 4.68 Å². The number of aryl methyl sites for hydroxylation is 1. The van der Waals surface area contributed by atoms with Crippen molar-refractivity contribution in [3.63, 3.8) is 0 Å². The first-order valence-electron chi connectivity index (χ1n) is 4.69. The smallest absolute Gasteiger partial charge is 0.136 e. The Morgan fingerprint density at radius 3 is 2.53 bits per heavy atom. The van der Waals surface area contributed by atoms with Gasteiger partial charge in [-0.15, -0.1) is 0 Å². The molecule has 2 rings (SSSR count). The fraction of sp³-hybridized carbons (Fsp3) is 0.182. The number of rotatable bonds is 2. The van der Waals surface area contributed by atoms with E-state index < -0.39 is 0 Å². The van der Waals surface area contributed by atoms with Crippen LogP contribution in [0, 0.1) is 0 Å². The van der Waals surface area contributed by atoms with Crippen LogP contribution in [0.3, 0.4) is 0 Å². The summed E-state index contributed by atoms with van der Waals surface area (Å²) < 4.78 is 2.58. The van der Waals surface area contributed by atoms with Gasteiger partial charge in [0.25, 0.3) is 0 Å². The van der Waals surface area contributed by atoms with Crippen LogP contribution in [0.5, 0.6) is 0 Å². The van der Waals surface area contributed by atoms with E-state index in [0.29, 0.717) is 5.82 Å². The van der Waals surface area contributed by atoms with Crippen molar-refractivity contribution in [1.82, 2.24) is 9.78 Å². The molecule has 1 aromatic carbocycles. The number of benzene rings is 1. The van der Waals surface area contributed by atoms with Crippen molar-refractivity contribution in [2.24, 2.45) is 7.05 Å². The molecule has 0 aliphatic rings. The standard InChI is InChI=1S/C11H12BrN3/c1-15-11(13)10(12)9(14-15)7-8-5-3-2-4-6-8/h2-6H,7,13H2,1H3. The van der Waals surface area contributed by atoms with Crippen LogP contribution in [0.2, 0.25) is 0 Å². The molecule has 0 radical (unpaired) electrons. The summed E-state index contributed by atoms with van der Waals surface area (Å²) >= 11 is 3.45. The lowest BCUT2D eigenvalue weighted by molar-refractivity contribution is 0.759.